The van der Waals surface area contributed by atoms with Crippen LogP contribution in [0.25, 0.3) is 0 Å². The van der Waals surface area contributed by atoms with Gasteiger partial charge < -0.3 is 10.1 Å². The van der Waals surface area contributed by atoms with E-state index in [1.165, 1.54) is 37.7 Å². The zero-order chi connectivity index (χ0) is 20.6. The van der Waals surface area contributed by atoms with Crippen LogP contribution >= 0.6 is 23.2 Å². The lowest BCUT2D eigenvalue weighted by Crippen LogP contribution is -2.16. The standard InChI is InChI=1S/C24H29Cl2NO2/c1-17(3-5-19-12-14-29-15-13-19)2-4-18-6-9-21(10-7-18)27-24(28)20-8-11-22(25)23(26)16-20/h6-11,16-17,19H,2-5,12-15H2,1H3,(H,27,28). The van der Waals surface area contributed by atoms with Crippen LogP contribution in [0.3, 0.4) is 0 Å². The van der Waals surface area contributed by atoms with E-state index in [0.29, 0.717) is 15.6 Å². The molecule has 0 spiro atoms. The molecule has 1 fully saturated rings. The normalized spacial score (nSPS) is 15.8. The van der Waals surface area contributed by atoms with Crippen molar-refractivity contribution < 1.29 is 9.53 Å². The summed E-state index contributed by atoms with van der Waals surface area (Å²) in [7, 11) is 0. The van der Waals surface area contributed by atoms with Gasteiger partial charge in [0.15, 0.2) is 0 Å². The van der Waals surface area contributed by atoms with Gasteiger partial charge in [-0.3, -0.25) is 4.79 Å². The lowest BCUT2D eigenvalue weighted by molar-refractivity contribution is 0.0619. The number of benzene rings is 2. The highest BCUT2D eigenvalue weighted by Gasteiger charge is 2.15. The van der Waals surface area contributed by atoms with Gasteiger partial charge in [0.25, 0.3) is 5.91 Å². The van der Waals surface area contributed by atoms with Gasteiger partial charge in [-0.2, -0.15) is 0 Å². The second-order valence-corrected chi connectivity index (χ2v) is 8.87. The first-order valence-corrected chi connectivity index (χ1v) is 11.2. The van der Waals surface area contributed by atoms with Crippen molar-refractivity contribution in [3.63, 3.8) is 0 Å². The van der Waals surface area contributed by atoms with Gasteiger partial charge in [-0.05, 0) is 73.4 Å². The number of hydrogen-bond donors (Lipinski definition) is 1. The molecule has 1 heterocycles. The van der Waals surface area contributed by atoms with Gasteiger partial charge in [0, 0.05) is 24.5 Å². The molecule has 1 atom stereocenters. The van der Waals surface area contributed by atoms with Gasteiger partial charge in [-0.25, -0.2) is 0 Å². The highest BCUT2D eigenvalue weighted by Crippen LogP contribution is 2.25. The van der Waals surface area contributed by atoms with E-state index in [-0.39, 0.29) is 5.91 Å². The van der Waals surface area contributed by atoms with E-state index in [0.717, 1.165) is 37.2 Å². The van der Waals surface area contributed by atoms with Gasteiger partial charge in [0.05, 0.1) is 10.0 Å². The Hall–Kier alpha value is -1.55. The van der Waals surface area contributed by atoms with Gasteiger partial charge >= 0.3 is 0 Å². The van der Waals surface area contributed by atoms with Crippen LogP contribution in [0.5, 0.6) is 0 Å². The Morgan fingerprint density at radius 2 is 1.79 bits per heavy atom. The average Bonchev–Trinajstić information content (AvgIpc) is 2.74. The molecule has 1 saturated heterocycles. The first-order valence-electron chi connectivity index (χ1n) is 10.4. The number of halogens is 2. The molecule has 156 valence electrons. The predicted octanol–water partition coefficient (Wildman–Crippen LogP) is 7.02. The molecule has 0 radical (unpaired) electrons. The summed E-state index contributed by atoms with van der Waals surface area (Å²) in [5.74, 6) is 1.38. The summed E-state index contributed by atoms with van der Waals surface area (Å²) in [6.07, 6.45) is 7.32. The third kappa shape index (κ3) is 7.02. The fraction of sp³-hybridized carbons (Fsp3) is 0.458. The number of carbonyl (C=O) groups is 1. The van der Waals surface area contributed by atoms with Gasteiger partial charge in [0.1, 0.15) is 0 Å². The van der Waals surface area contributed by atoms with E-state index in [9.17, 15) is 4.79 Å². The van der Waals surface area contributed by atoms with Crippen molar-refractivity contribution in [3.8, 4) is 0 Å². The topological polar surface area (TPSA) is 38.3 Å². The van der Waals surface area contributed by atoms with Crippen LogP contribution < -0.4 is 5.32 Å². The molecule has 3 rings (SSSR count). The Kier molecular flexibility index (Phi) is 8.40. The van der Waals surface area contributed by atoms with Crippen LogP contribution in [0.1, 0.15) is 54.9 Å². The third-order valence-corrected chi connectivity index (χ3v) is 6.47. The summed E-state index contributed by atoms with van der Waals surface area (Å²) in [5.41, 5.74) is 2.56. The molecular weight excluding hydrogens is 405 g/mol. The average molecular weight is 434 g/mol. The number of hydrogen-bond acceptors (Lipinski definition) is 2. The van der Waals surface area contributed by atoms with Crippen molar-refractivity contribution in [2.45, 2.75) is 45.4 Å². The molecule has 1 aliphatic heterocycles. The molecule has 2 aromatic rings. The molecule has 2 aromatic carbocycles. The summed E-state index contributed by atoms with van der Waals surface area (Å²) in [4.78, 5) is 12.4. The minimum atomic E-state index is -0.196. The Labute approximate surface area is 183 Å². The number of ether oxygens (including phenoxy) is 1. The van der Waals surface area contributed by atoms with Crippen molar-refractivity contribution in [2.75, 3.05) is 18.5 Å². The lowest BCUT2D eigenvalue weighted by atomic mass is 9.89. The van der Waals surface area contributed by atoms with Gasteiger partial charge in [-0.15, -0.1) is 0 Å². The molecule has 1 aliphatic rings. The zero-order valence-electron chi connectivity index (χ0n) is 16.9. The van der Waals surface area contributed by atoms with Crippen molar-refractivity contribution in [2.24, 2.45) is 11.8 Å². The number of nitrogens with one attached hydrogen (secondary N) is 1. The van der Waals surface area contributed by atoms with Crippen LogP contribution in [0.2, 0.25) is 10.0 Å². The van der Waals surface area contributed by atoms with Crippen molar-refractivity contribution in [1.29, 1.82) is 0 Å². The summed E-state index contributed by atoms with van der Waals surface area (Å²) in [5, 5.41) is 3.72. The Balaban J connectivity index is 1.43. The second kappa shape index (κ2) is 11.0. The predicted molar refractivity (Wildman–Crippen MR) is 121 cm³/mol. The molecule has 0 saturated carbocycles. The summed E-state index contributed by atoms with van der Waals surface area (Å²) < 4.78 is 5.44. The maximum atomic E-state index is 12.4. The van der Waals surface area contributed by atoms with Gasteiger partial charge in [-0.1, -0.05) is 55.1 Å². The smallest absolute Gasteiger partial charge is 0.255 e. The molecular formula is C24H29Cl2NO2. The fourth-order valence-corrected chi connectivity index (χ4v) is 4.01. The van der Waals surface area contributed by atoms with Crippen LogP contribution in [0, 0.1) is 11.8 Å². The van der Waals surface area contributed by atoms with Gasteiger partial charge in [0.2, 0.25) is 0 Å². The summed E-state index contributed by atoms with van der Waals surface area (Å²) >= 11 is 11.9. The molecule has 29 heavy (non-hydrogen) atoms. The highest BCUT2D eigenvalue weighted by atomic mass is 35.5. The number of anilines is 1. The first kappa shape index (κ1) is 22.1. The summed E-state index contributed by atoms with van der Waals surface area (Å²) in [6, 6.07) is 13.0. The largest absolute Gasteiger partial charge is 0.381 e. The second-order valence-electron chi connectivity index (χ2n) is 8.06. The molecule has 5 heteroatoms. The molecule has 0 aliphatic carbocycles. The molecule has 1 N–H and O–H groups in total. The Morgan fingerprint density at radius 3 is 2.48 bits per heavy atom. The molecule has 1 amide bonds. The molecule has 0 bridgehead atoms. The van der Waals surface area contributed by atoms with E-state index >= 15 is 0 Å². The van der Waals surface area contributed by atoms with Crippen LogP contribution in [0.15, 0.2) is 42.5 Å². The van der Waals surface area contributed by atoms with Crippen LogP contribution in [-0.4, -0.2) is 19.1 Å². The minimum Gasteiger partial charge on any atom is -0.381 e. The van der Waals surface area contributed by atoms with E-state index in [2.05, 4.69) is 24.4 Å². The zero-order valence-corrected chi connectivity index (χ0v) is 18.4. The lowest BCUT2D eigenvalue weighted by Gasteiger charge is -2.23. The first-order chi connectivity index (χ1) is 14.0. The van der Waals surface area contributed by atoms with Crippen LogP contribution in [0.4, 0.5) is 5.69 Å². The quantitative estimate of drug-likeness (QED) is 0.485. The summed E-state index contributed by atoms with van der Waals surface area (Å²) in [6.45, 7) is 4.23. The molecule has 1 unspecified atom stereocenters. The molecule has 3 nitrogen and oxygen atoms in total. The highest BCUT2D eigenvalue weighted by molar-refractivity contribution is 6.42. The monoisotopic (exact) mass is 433 g/mol. The van der Waals surface area contributed by atoms with E-state index < -0.39 is 0 Å². The van der Waals surface area contributed by atoms with E-state index in [1.807, 2.05) is 12.1 Å². The van der Waals surface area contributed by atoms with E-state index in [1.54, 1.807) is 18.2 Å². The van der Waals surface area contributed by atoms with Crippen molar-refractivity contribution in [1.82, 2.24) is 0 Å². The number of amides is 1. The van der Waals surface area contributed by atoms with Crippen molar-refractivity contribution >= 4 is 34.8 Å². The maximum Gasteiger partial charge on any atom is 0.255 e. The number of aryl methyl sites for hydroxylation is 1. The Morgan fingerprint density at radius 1 is 1.07 bits per heavy atom. The Bertz CT molecular complexity index is 801. The van der Waals surface area contributed by atoms with Crippen molar-refractivity contribution in [3.05, 3.63) is 63.6 Å². The number of carbonyl (C=O) groups excluding carboxylic acids is 1. The SMILES string of the molecule is CC(CCc1ccc(NC(=O)c2ccc(Cl)c(Cl)c2)cc1)CCC1CCOCC1. The third-order valence-electron chi connectivity index (χ3n) is 5.73. The number of rotatable bonds is 8. The maximum absolute atomic E-state index is 12.4. The fourth-order valence-electron chi connectivity index (χ4n) is 3.71. The van der Waals surface area contributed by atoms with Crippen LogP contribution in [-0.2, 0) is 11.2 Å². The molecule has 0 aromatic heterocycles. The van der Waals surface area contributed by atoms with E-state index in [4.69, 9.17) is 27.9 Å². The minimum absolute atomic E-state index is 0.196.